The van der Waals surface area contributed by atoms with Gasteiger partial charge in [-0.3, -0.25) is 4.90 Å². The predicted molar refractivity (Wildman–Crippen MR) is 92.4 cm³/mol. The highest BCUT2D eigenvalue weighted by Gasteiger charge is 2.36. The summed E-state index contributed by atoms with van der Waals surface area (Å²) in [6.07, 6.45) is 3.46. The molecule has 0 aliphatic carbocycles. The zero-order valence-corrected chi connectivity index (χ0v) is 14.1. The summed E-state index contributed by atoms with van der Waals surface area (Å²) in [5, 5.41) is 22.7. The molecule has 0 saturated carbocycles. The number of nitrogens with one attached hydrogen (secondary N) is 1. The Bertz CT molecular complexity index is 659. The number of carbonyl (C=O) groups is 1. The molecule has 1 aromatic carbocycles. The molecule has 134 valence electrons. The molecular formula is C17H23BN2O5. The van der Waals surface area contributed by atoms with Crippen molar-refractivity contribution in [2.45, 2.75) is 37.7 Å². The summed E-state index contributed by atoms with van der Waals surface area (Å²) in [5.74, 6) is -0.517. The molecule has 1 atom stereocenters. The monoisotopic (exact) mass is 346 g/mol. The largest absolute Gasteiger partial charge is 0.535 e. The van der Waals surface area contributed by atoms with Gasteiger partial charge in [-0.15, -0.1) is 0 Å². The minimum absolute atomic E-state index is 0.00779. The second-order valence-electron chi connectivity index (χ2n) is 7.04. The number of aryl methyl sites for hydroxylation is 1. The maximum absolute atomic E-state index is 11.7. The molecule has 3 N–H and O–H groups in total. The van der Waals surface area contributed by atoms with Crippen molar-refractivity contribution in [3.8, 4) is 11.5 Å². The Morgan fingerprint density at radius 3 is 2.96 bits per heavy atom. The molecule has 7 nitrogen and oxygen atoms in total. The maximum Gasteiger partial charge on any atom is 0.522 e. The number of aromatic carboxylic acids is 1. The molecule has 1 aromatic rings. The number of hydrogen-bond donors (Lipinski definition) is 3. The highest BCUT2D eigenvalue weighted by atomic mass is 16.5. The zero-order chi connectivity index (χ0) is 17.4. The SMILES string of the molecule is O=C(O)c1c(OC2CN([C@@H]3CCCNC3)C2)ccc2c1OB(O)CC2. The summed E-state index contributed by atoms with van der Waals surface area (Å²) in [5.41, 5.74) is 0.826. The average Bonchev–Trinajstić information content (AvgIpc) is 2.57. The van der Waals surface area contributed by atoms with E-state index in [2.05, 4.69) is 10.2 Å². The Hall–Kier alpha value is -1.77. The summed E-state index contributed by atoms with van der Waals surface area (Å²) in [4.78, 5) is 14.1. The third-order valence-corrected chi connectivity index (χ3v) is 5.29. The van der Waals surface area contributed by atoms with Crippen molar-refractivity contribution >= 4 is 13.1 Å². The van der Waals surface area contributed by atoms with E-state index in [0.717, 1.165) is 31.7 Å². The van der Waals surface area contributed by atoms with Gasteiger partial charge >= 0.3 is 13.1 Å². The van der Waals surface area contributed by atoms with Crippen molar-refractivity contribution in [2.75, 3.05) is 26.2 Å². The van der Waals surface area contributed by atoms with E-state index in [4.69, 9.17) is 9.39 Å². The van der Waals surface area contributed by atoms with E-state index >= 15 is 0 Å². The van der Waals surface area contributed by atoms with Gasteiger partial charge in [0.25, 0.3) is 0 Å². The molecule has 3 heterocycles. The Morgan fingerprint density at radius 1 is 1.40 bits per heavy atom. The molecule has 0 amide bonds. The lowest BCUT2D eigenvalue weighted by atomic mass is 9.78. The Labute approximate surface area is 147 Å². The molecule has 3 aliphatic heterocycles. The van der Waals surface area contributed by atoms with Gasteiger partial charge < -0.3 is 24.8 Å². The number of rotatable bonds is 4. The minimum atomic E-state index is -1.09. The van der Waals surface area contributed by atoms with E-state index < -0.39 is 13.1 Å². The molecule has 2 fully saturated rings. The number of likely N-dealkylation sites (tertiary alicyclic amines) is 1. The van der Waals surface area contributed by atoms with Crippen LogP contribution in [0.25, 0.3) is 0 Å². The van der Waals surface area contributed by atoms with E-state index in [-0.39, 0.29) is 17.4 Å². The summed E-state index contributed by atoms with van der Waals surface area (Å²) in [6, 6.07) is 4.10. The Morgan fingerprint density at radius 2 is 2.24 bits per heavy atom. The van der Waals surface area contributed by atoms with Gasteiger partial charge in [0.1, 0.15) is 23.2 Å². The smallest absolute Gasteiger partial charge is 0.522 e. The van der Waals surface area contributed by atoms with Crippen LogP contribution in [0, 0.1) is 0 Å². The fourth-order valence-electron chi connectivity index (χ4n) is 3.88. The third-order valence-electron chi connectivity index (χ3n) is 5.29. The lowest BCUT2D eigenvalue weighted by Gasteiger charge is -2.45. The molecular weight excluding hydrogens is 323 g/mol. The van der Waals surface area contributed by atoms with Gasteiger partial charge in [0.2, 0.25) is 0 Å². The normalized spacial score (nSPS) is 24.2. The fourth-order valence-corrected chi connectivity index (χ4v) is 3.88. The van der Waals surface area contributed by atoms with E-state index in [1.165, 1.54) is 12.8 Å². The molecule has 0 spiro atoms. The van der Waals surface area contributed by atoms with Crippen LogP contribution < -0.4 is 14.7 Å². The summed E-state index contributed by atoms with van der Waals surface area (Å²) >= 11 is 0. The Kier molecular flexibility index (Phi) is 4.58. The van der Waals surface area contributed by atoms with E-state index in [1.54, 1.807) is 6.07 Å². The molecule has 3 aliphatic rings. The highest BCUT2D eigenvalue weighted by Crippen LogP contribution is 2.37. The van der Waals surface area contributed by atoms with Crippen molar-refractivity contribution < 1.29 is 24.3 Å². The van der Waals surface area contributed by atoms with E-state index in [1.807, 2.05) is 6.07 Å². The number of fused-ring (bicyclic) bond motifs is 1. The molecule has 2 saturated heterocycles. The molecule has 4 rings (SSSR count). The van der Waals surface area contributed by atoms with Crippen LogP contribution in [-0.4, -0.2) is 66.4 Å². The zero-order valence-electron chi connectivity index (χ0n) is 14.1. The van der Waals surface area contributed by atoms with Crippen molar-refractivity contribution in [1.82, 2.24) is 10.2 Å². The first-order chi connectivity index (χ1) is 12.1. The number of hydrogen-bond acceptors (Lipinski definition) is 6. The minimum Gasteiger partial charge on any atom is -0.535 e. The average molecular weight is 346 g/mol. The lowest BCUT2D eigenvalue weighted by Crippen LogP contribution is -2.60. The van der Waals surface area contributed by atoms with Crippen molar-refractivity contribution in [3.63, 3.8) is 0 Å². The van der Waals surface area contributed by atoms with Crippen LogP contribution in [0.3, 0.4) is 0 Å². The fraction of sp³-hybridized carbons (Fsp3) is 0.588. The second kappa shape index (κ2) is 6.86. The first-order valence-electron chi connectivity index (χ1n) is 8.97. The van der Waals surface area contributed by atoms with Gasteiger partial charge in [-0.05, 0) is 43.8 Å². The van der Waals surface area contributed by atoms with Crippen LogP contribution in [0.2, 0.25) is 6.32 Å². The molecule has 0 bridgehead atoms. The van der Waals surface area contributed by atoms with Gasteiger partial charge in [0, 0.05) is 25.7 Å². The molecule has 0 radical (unpaired) electrons. The van der Waals surface area contributed by atoms with Crippen LogP contribution in [-0.2, 0) is 6.42 Å². The molecule has 25 heavy (non-hydrogen) atoms. The summed E-state index contributed by atoms with van der Waals surface area (Å²) in [6.45, 7) is 3.73. The molecule has 8 heteroatoms. The maximum atomic E-state index is 11.7. The van der Waals surface area contributed by atoms with E-state index in [0.29, 0.717) is 24.5 Å². The standard InChI is InChI=1S/C17H23BN2O5/c21-17(22)15-14(4-3-11-5-6-18(23)25-16(11)15)24-13-9-20(10-13)12-2-1-7-19-8-12/h3-4,12-13,19,23H,1-2,5-10H2,(H,21,22)/t12-/m1/s1. The topological polar surface area (TPSA) is 91.3 Å². The number of nitrogens with zero attached hydrogens (tertiary/aromatic N) is 1. The van der Waals surface area contributed by atoms with Crippen LogP contribution >= 0.6 is 0 Å². The van der Waals surface area contributed by atoms with Crippen LogP contribution in [0.4, 0.5) is 0 Å². The number of piperidine rings is 1. The van der Waals surface area contributed by atoms with Crippen molar-refractivity contribution in [3.05, 3.63) is 23.3 Å². The van der Waals surface area contributed by atoms with Gasteiger partial charge in [-0.2, -0.15) is 0 Å². The number of carboxylic acids is 1. The van der Waals surface area contributed by atoms with Crippen molar-refractivity contribution in [2.24, 2.45) is 0 Å². The van der Waals surface area contributed by atoms with Gasteiger partial charge in [0.15, 0.2) is 0 Å². The Balaban J connectivity index is 1.46. The van der Waals surface area contributed by atoms with Gasteiger partial charge in [0.05, 0.1) is 0 Å². The third kappa shape index (κ3) is 3.34. The summed E-state index contributed by atoms with van der Waals surface area (Å²) in [7, 11) is -0.959. The first-order valence-corrected chi connectivity index (χ1v) is 8.97. The second-order valence-corrected chi connectivity index (χ2v) is 7.04. The number of ether oxygens (including phenoxy) is 1. The van der Waals surface area contributed by atoms with E-state index in [9.17, 15) is 14.9 Å². The van der Waals surface area contributed by atoms with Crippen LogP contribution in [0.1, 0.15) is 28.8 Å². The molecule has 0 unspecified atom stereocenters. The van der Waals surface area contributed by atoms with Gasteiger partial charge in [-0.25, -0.2) is 4.79 Å². The number of benzene rings is 1. The quantitative estimate of drug-likeness (QED) is 0.689. The highest BCUT2D eigenvalue weighted by molar-refractivity contribution is 6.44. The van der Waals surface area contributed by atoms with Gasteiger partial charge in [-0.1, -0.05) is 6.07 Å². The van der Waals surface area contributed by atoms with Crippen LogP contribution in [0.5, 0.6) is 11.5 Å². The lowest BCUT2D eigenvalue weighted by molar-refractivity contribution is -0.0156. The predicted octanol–water partition coefficient (Wildman–Crippen LogP) is 0.615. The van der Waals surface area contributed by atoms with Crippen molar-refractivity contribution in [1.29, 1.82) is 0 Å². The number of carboxylic acid groups (broad SMARTS) is 1. The summed E-state index contributed by atoms with van der Waals surface area (Å²) < 4.78 is 11.4. The van der Waals surface area contributed by atoms with Crippen LogP contribution in [0.15, 0.2) is 12.1 Å². The first kappa shape index (κ1) is 16.7. The molecule has 0 aromatic heterocycles.